The lowest BCUT2D eigenvalue weighted by Gasteiger charge is -2.09. The molecule has 1 amide bonds. The molecule has 1 aliphatic carbocycles. The molecule has 1 fully saturated rings. The lowest BCUT2D eigenvalue weighted by molar-refractivity contribution is 0.100. The number of benzene rings is 2. The summed E-state index contributed by atoms with van der Waals surface area (Å²) in [5.41, 5.74) is 6.24. The van der Waals surface area contributed by atoms with Gasteiger partial charge in [0, 0.05) is 6.04 Å². The number of aromatic nitrogens is 1. The van der Waals surface area contributed by atoms with E-state index in [1.807, 2.05) is 0 Å². The van der Waals surface area contributed by atoms with E-state index in [4.69, 9.17) is 17.3 Å². The number of primary amides is 1. The van der Waals surface area contributed by atoms with Crippen LogP contribution in [0, 0.1) is 5.82 Å². The average molecular weight is 392 g/mol. The number of amides is 1. The number of nitrogens with two attached hydrogens (primary N) is 1. The first-order valence-electron chi connectivity index (χ1n) is 8.40. The molecule has 0 spiro atoms. The van der Waals surface area contributed by atoms with Crippen LogP contribution >= 0.6 is 22.9 Å². The molecule has 2 aromatic carbocycles. The number of nitrogens with one attached hydrogen (secondary N) is 1. The summed E-state index contributed by atoms with van der Waals surface area (Å²) in [7, 11) is 0. The largest absolute Gasteiger partial charge is 0.366 e. The highest BCUT2D eigenvalue weighted by Gasteiger charge is 2.16. The maximum atomic E-state index is 13.0. The van der Waals surface area contributed by atoms with E-state index >= 15 is 0 Å². The van der Waals surface area contributed by atoms with Crippen LogP contribution in [-0.2, 0) is 0 Å². The number of fused-ring (bicyclic) bond motifs is 1. The van der Waals surface area contributed by atoms with E-state index in [9.17, 15) is 9.18 Å². The SMILES string of the molecule is Fc1ccc2nc(NC3CCCC3)sc2c1.NC(=O)c1ccccc1Cl. The van der Waals surface area contributed by atoms with Gasteiger partial charge in [-0.2, -0.15) is 0 Å². The van der Waals surface area contributed by atoms with Crippen molar-refractivity contribution in [1.29, 1.82) is 0 Å². The highest BCUT2D eigenvalue weighted by molar-refractivity contribution is 7.22. The Labute approximate surface area is 160 Å². The number of hydrogen-bond donors (Lipinski definition) is 2. The molecule has 0 unspecified atom stereocenters. The molecule has 0 radical (unpaired) electrons. The van der Waals surface area contributed by atoms with Gasteiger partial charge < -0.3 is 11.1 Å². The van der Waals surface area contributed by atoms with E-state index in [0.29, 0.717) is 16.6 Å². The van der Waals surface area contributed by atoms with Crippen LogP contribution in [0.3, 0.4) is 0 Å². The molecule has 0 atom stereocenters. The molecule has 4 rings (SSSR count). The van der Waals surface area contributed by atoms with Crippen LogP contribution in [-0.4, -0.2) is 16.9 Å². The van der Waals surface area contributed by atoms with Crippen molar-refractivity contribution in [2.24, 2.45) is 5.73 Å². The van der Waals surface area contributed by atoms with E-state index in [2.05, 4.69) is 10.3 Å². The highest BCUT2D eigenvalue weighted by Crippen LogP contribution is 2.29. The normalized spacial score (nSPS) is 14.1. The van der Waals surface area contributed by atoms with Crippen molar-refractivity contribution in [3.8, 4) is 0 Å². The van der Waals surface area contributed by atoms with Crippen molar-refractivity contribution in [2.75, 3.05) is 5.32 Å². The molecule has 3 N–H and O–H groups in total. The van der Waals surface area contributed by atoms with Gasteiger partial charge in [0.15, 0.2) is 5.13 Å². The third-order valence-electron chi connectivity index (χ3n) is 4.17. The number of rotatable bonds is 3. The Bertz CT molecular complexity index is 909. The number of halogens is 2. The van der Waals surface area contributed by atoms with Crippen LogP contribution in [0.1, 0.15) is 36.0 Å². The minimum atomic E-state index is -0.495. The van der Waals surface area contributed by atoms with Gasteiger partial charge in [-0.1, -0.05) is 47.9 Å². The van der Waals surface area contributed by atoms with Gasteiger partial charge in [0.2, 0.25) is 5.91 Å². The molecule has 1 aromatic heterocycles. The van der Waals surface area contributed by atoms with Gasteiger partial charge in [-0.25, -0.2) is 9.37 Å². The molecule has 0 bridgehead atoms. The lowest BCUT2D eigenvalue weighted by Crippen LogP contribution is -2.13. The third kappa shape index (κ3) is 4.71. The van der Waals surface area contributed by atoms with E-state index in [1.54, 1.807) is 36.4 Å². The van der Waals surface area contributed by atoms with E-state index in [1.165, 1.54) is 43.1 Å². The number of carbonyl (C=O) groups excluding carboxylic acids is 1. The lowest BCUT2D eigenvalue weighted by atomic mass is 10.2. The summed E-state index contributed by atoms with van der Waals surface area (Å²) in [5.74, 6) is -0.686. The van der Waals surface area contributed by atoms with Crippen molar-refractivity contribution < 1.29 is 9.18 Å². The molecule has 7 heteroatoms. The first-order chi connectivity index (χ1) is 12.5. The average Bonchev–Trinajstić information content (AvgIpc) is 3.24. The molecule has 0 aliphatic heterocycles. The van der Waals surface area contributed by atoms with Gasteiger partial charge in [0.1, 0.15) is 5.82 Å². The molecule has 3 aromatic rings. The van der Waals surface area contributed by atoms with Gasteiger partial charge >= 0.3 is 0 Å². The summed E-state index contributed by atoms with van der Waals surface area (Å²) < 4.78 is 13.9. The zero-order chi connectivity index (χ0) is 18.5. The summed E-state index contributed by atoms with van der Waals surface area (Å²) in [6.45, 7) is 0. The smallest absolute Gasteiger partial charge is 0.250 e. The molecule has 26 heavy (non-hydrogen) atoms. The zero-order valence-corrected chi connectivity index (χ0v) is 15.6. The Hall–Kier alpha value is -2.18. The van der Waals surface area contributed by atoms with Crippen LogP contribution in [0.5, 0.6) is 0 Å². The van der Waals surface area contributed by atoms with E-state index < -0.39 is 5.91 Å². The monoisotopic (exact) mass is 391 g/mol. The van der Waals surface area contributed by atoms with Crippen LogP contribution < -0.4 is 11.1 Å². The Balaban J connectivity index is 0.000000170. The number of carbonyl (C=O) groups is 1. The van der Waals surface area contributed by atoms with Gasteiger partial charge in [0.25, 0.3) is 0 Å². The fraction of sp³-hybridized carbons (Fsp3) is 0.263. The molecule has 4 nitrogen and oxygen atoms in total. The summed E-state index contributed by atoms with van der Waals surface area (Å²) in [5, 5.41) is 4.76. The topological polar surface area (TPSA) is 68.0 Å². The summed E-state index contributed by atoms with van der Waals surface area (Å²) in [6.07, 6.45) is 5.06. The molecular formula is C19H19ClFN3OS. The predicted molar refractivity (Wildman–Crippen MR) is 105 cm³/mol. The van der Waals surface area contributed by atoms with E-state index in [0.717, 1.165) is 15.3 Å². The minimum Gasteiger partial charge on any atom is -0.366 e. The Morgan fingerprint density at radius 2 is 1.96 bits per heavy atom. The Kier molecular flexibility index (Phi) is 6.06. The number of anilines is 1. The fourth-order valence-electron chi connectivity index (χ4n) is 2.87. The van der Waals surface area contributed by atoms with Crippen molar-refractivity contribution >= 4 is 44.2 Å². The predicted octanol–water partition coefficient (Wildman–Crippen LogP) is 5.23. The van der Waals surface area contributed by atoms with Gasteiger partial charge in [-0.15, -0.1) is 0 Å². The van der Waals surface area contributed by atoms with Gasteiger partial charge in [0.05, 0.1) is 20.8 Å². The Morgan fingerprint density at radius 1 is 1.23 bits per heavy atom. The maximum Gasteiger partial charge on any atom is 0.250 e. The second kappa shape index (κ2) is 8.47. The second-order valence-corrected chi connectivity index (χ2v) is 7.54. The standard InChI is InChI=1S/C12H13FN2S.C7H6ClNO/c13-8-5-6-10-11(7-8)16-12(15-10)14-9-3-1-2-4-9;8-6-4-2-1-3-5(6)7(9)10/h5-7,9H,1-4H2,(H,14,15);1-4H,(H2,9,10). The van der Waals surface area contributed by atoms with Crippen molar-refractivity contribution in [1.82, 2.24) is 4.98 Å². The summed E-state index contributed by atoms with van der Waals surface area (Å²) in [4.78, 5) is 15.0. The number of thiazole rings is 1. The van der Waals surface area contributed by atoms with Crippen molar-refractivity contribution in [3.63, 3.8) is 0 Å². The second-order valence-electron chi connectivity index (χ2n) is 6.10. The molecular weight excluding hydrogens is 373 g/mol. The first kappa shape index (κ1) is 18.6. The van der Waals surface area contributed by atoms with Crippen LogP contribution in [0.25, 0.3) is 10.2 Å². The first-order valence-corrected chi connectivity index (χ1v) is 9.59. The fourth-order valence-corrected chi connectivity index (χ4v) is 4.06. The van der Waals surface area contributed by atoms with Gasteiger partial charge in [-0.3, -0.25) is 4.79 Å². The molecule has 136 valence electrons. The van der Waals surface area contributed by atoms with Crippen LogP contribution in [0.15, 0.2) is 42.5 Å². The van der Waals surface area contributed by atoms with E-state index in [-0.39, 0.29) is 5.82 Å². The van der Waals surface area contributed by atoms with Crippen LogP contribution in [0.4, 0.5) is 9.52 Å². The van der Waals surface area contributed by atoms with Crippen molar-refractivity contribution in [2.45, 2.75) is 31.7 Å². The summed E-state index contributed by atoms with van der Waals surface area (Å²) >= 11 is 7.15. The zero-order valence-electron chi connectivity index (χ0n) is 14.0. The minimum absolute atomic E-state index is 0.191. The number of nitrogens with zero attached hydrogens (tertiary/aromatic N) is 1. The summed E-state index contributed by atoms with van der Waals surface area (Å²) in [6, 6.07) is 12.0. The van der Waals surface area contributed by atoms with Crippen LogP contribution in [0.2, 0.25) is 5.02 Å². The quantitative estimate of drug-likeness (QED) is 0.642. The maximum absolute atomic E-state index is 13.0. The third-order valence-corrected chi connectivity index (χ3v) is 5.45. The highest BCUT2D eigenvalue weighted by atomic mass is 35.5. The van der Waals surface area contributed by atoms with Gasteiger partial charge in [-0.05, 0) is 43.2 Å². The molecule has 1 aliphatic rings. The molecule has 0 saturated heterocycles. The molecule has 1 saturated carbocycles. The Morgan fingerprint density at radius 3 is 2.62 bits per heavy atom. The molecule has 1 heterocycles. The number of hydrogen-bond acceptors (Lipinski definition) is 4. The van der Waals surface area contributed by atoms with Crippen molar-refractivity contribution in [3.05, 3.63) is 58.9 Å².